The fourth-order valence-corrected chi connectivity index (χ4v) is 4.77. The van der Waals surface area contributed by atoms with Crippen LogP contribution in [0, 0.1) is 5.82 Å². The van der Waals surface area contributed by atoms with E-state index in [0.717, 1.165) is 29.9 Å². The number of rotatable bonds is 8. The van der Waals surface area contributed by atoms with E-state index in [1.54, 1.807) is 30.3 Å². The maximum Gasteiger partial charge on any atom is 0.261 e. The van der Waals surface area contributed by atoms with Crippen molar-refractivity contribution in [2.24, 2.45) is 0 Å². The number of amides is 1. The Balaban J connectivity index is 1.41. The summed E-state index contributed by atoms with van der Waals surface area (Å²) in [6, 6.07) is 14.7. The molecule has 1 aliphatic rings. The molecule has 1 unspecified atom stereocenters. The molecular weight excluding hydrogens is 459 g/mol. The van der Waals surface area contributed by atoms with E-state index in [-0.39, 0.29) is 23.3 Å². The van der Waals surface area contributed by atoms with E-state index >= 15 is 0 Å². The molecule has 9 heteroatoms. The molecule has 4 rings (SSSR count). The van der Waals surface area contributed by atoms with Crippen molar-refractivity contribution in [3.63, 3.8) is 0 Å². The Kier molecular flexibility index (Phi) is 6.74. The first kappa shape index (κ1) is 23.6. The summed E-state index contributed by atoms with van der Waals surface area (Å²) >= 11 is 0. The largest absolute Gasteiger partial charge is 0.492 e. The normalized spacial score (nSPS) is 14.7. The number of fused-ring (bicyclic) bond motifs is 1. The highest BCUT2D eigenvalue weighted by Gasteiger charge is 2.22. The number of hydrogen-bond donors (Lipinski definition) is 2. The zero-order chi connectivity index (χ0) is 24.3. The Morgan fingerprint density at radius 3 is 2.50 bits per heavy atom. The Hall–Kier alpha value is -3.59. The summed E-state index contributed by atoms with van der Waals surface area (Å²) < 4.78 is 51.9. The number of carbonyl (C=O) groups is 1. The molecule has 0 radical (unpaired) electrons. The minimum Gasteiger partial charge on any atom is -0.492 e. The molecule has 3 aromatic carbocycles. The third-order valence-corrected chi connectivity index (χ3v) is 6.66. The highest BCUT2D eigenvalue weighted by molar-refractivity contribution is 7.92. The molecule has 0 saturated heterocycles. The average molecular weight is 485 g/mol. The molecule has 1 amide bonds. The topological polar surface area (TPSA) is 93.7 Å². The number of sulfonamides is 1. The van der Waals surface area contributed by atoms with Gasteiger partial charge in [0.1, 0.15) is 23.4 Å². The van der Waals surface area contributed by atoms with E-state index in [4.69, 9.17) is 9.47 Å². The first-order valence-electron chi connectivity index (χ1n) is 10.9. The predicted molar refractivity (Wildman–Crippen MR) is 127 cm³/mol. The van der Waals surface area contributed by atoms with Gasteiger partial charge in [0.05, 0.1) is 23.6 Å². The standard InChI is InChI=1S/C25H25FN2O5S/c1-3-32-24-14-18-12-16(2)33-23(18)15-22(24)27-25(29)13-17-4-8-20(9-5-17)28-34(30,31)21-10-6-19(26)7-11-21/h4-11,14-16,28H,3,12-13H2,1-2H3,(H,27,29). The fourth-order valence-electron chi connectivity index (χ4n) is 3.71. The van der Waals surface area contributed by atoms with E-state index in [1.165, 1.54) is 12.1 Å². The molecule has 0 saturated carbocycles. The van der Waals surface area contributed by atoms with Crippen molar-refractivity contribution >= 4 is 27.3 Å². The van der Waals surface area contributed by atoms with Gasteiger partial charge in [-0.2, -0.15) is 0 Å². The molecule has 34 heavy (non-hydrogen) atoms. The average Bonchev–Trinajstić information content (AvgIpc) is 3.14. The number of nitrogens with one attached hydrogen (secondary N) is 2. The van der Waals surface area contributed by atoms with Crippen LogP contribution in [0.5, 0.6) is 11.5 Å². The van der Waals surface area contributed by atoms with Crippen LogP contribution in [0.3, 0.4) is 0 Å². The van der Waals surface area contributed by atoms with Gasteiger partial charge >= 0.3 is 0 Å². The lowest BCUT2D eigenvalue weighted by molar-refractivity contribution is -0.115. The van der Waals surface area contributed by atoms with Crippen LogP contribution < -0.4 is 19.5 Å². The van der Waals surface area contributed by atoms with Crippen LogP contribution in [-0.4, -0.2) is 27.0 Å². The second-order valence-electron chi connectivity index (χ2n) is 8.00. The highest BCUT2D eigenvalue weighted by atomic mass is 32.2. The summed E-state index contributed by atoms with van der Waals surface area (Å²) in [5, 5.41) is 2.88. The molecule has 178 valence electrons. The Morgan fingerprint density at radius 1 is 1.12 bits per heavy atom. The van der Waals surface area contributed by atoms with Crippen molar-refractivity contribution in [2.45, 2.75) is 37.7 Å². The number of benzene rings is 3. The van der Waals surface area contributed by atoms with Crippen LogP contribution in [0.1, 0.15) is 25.0 Å². The van der Waals surface area contributed by atoms with Gasteiger partial charge in [-0.1, -0.05) is 12.1 Å². The van der Waals surface area contributed by atoms with Gasteiger partial charge in [0.2, 0.25) is 5.91 Å². The molecule has 0 bridgehead atoms. The lowest BCUT2D eigenvalue weighted by Crippen LogP contribution is -2.16. The third kappa shape index (κ3) is 5.48. The molecule has 1 aliphatic heterocycles. The van der Waals surface area contributed by atoms with Crippen LogP contribution in [-0.2, 0) is 27.7 Å². The van der Waals surface area contributed by atoms with Gasteiger partial charge in [0, 0.05) is 23.7 Å². The first-order chi connectivity index (χ1) is 16.2. The molecule has 0 spiro atoms. The number of ether oxygens (including phenoxy) is 2. The Labute approximate surface area is 198 Å². The molecule has 0 fully saturated rings. The van der Waals surface area contributed by atoms with Crippen LogP contribution >= 0.6 is 0 Å². The zero-order valence-corrected chi connectivity index (χ0v) is 19.6. The van der Waals surface area contributed by atoms with Crippen LogP contribution in [0.4, 0.5) is 15.8 Å². The van der Waals surface area contributed by atoms with Gasteiger partial charge in [-0.15, -0.1) is 0 Å². The van der Waals surface area contributed by atoms with Crippen LogP contribution in [0.15, 0.2) is 65.6 Å². The minimum atomic E-state index is -3.85. The highest BCUT2D eigenvalue weighted by Crippen LogP contribution is 2.38. The summed E-state index contributed by atoms with van der Waals surface area (Å²) in [4.78, 5) is 12.6. The maximum absolute atomic E-state index is 13.1. The lowest BCUT2D eigenvalue weighted by Gasteiger charge is -2.14. The molecule has 1 atom stereocenters. The predicted octanol–water partition coefficient (Wildman–Crippen LogP) is 4.53. The van der Waals surface area contributed by atoms with Crippen LogP contribution in [0.25, 0.3) is 0 Å². The summed E-state index contributed by atoms with van der Waals surface area (Å²) in [6.45, 7) is 4.33. The smallest absolute Gasteiger partial charge is 0.261 e. The second-order valence-corrected chi connectivity index (χ2v) is 9.69. The van der Waals surface area contributed by atoms with Crippen molar-refractivity contribution in [3.8, 4) is 11.5 Å². The summed E-state index contributed by atoms with van der Waals surface area (Å²) in [5.41, 5.74) is 2.62. The van der Waals surface area contributed by atoms with Gasteiger partial charge in [-0.25, -0.2) is 12.8 Å². The monoisotopic (exact) mass is 484 g/mol. The van der Waals surface area contributed by atoms with Gasteiger partial charge in [-0.3, -0.25) is 9.52 Å². The minimum absolute atomic E-state index is 0.0461. The molecule has 7 nitrogen and oxygen atoms in total. The van der Waals surface area contributed by atoms with Crippen molar-refractivity contribution in [2.75, 3.05) is 16.6 Å². The van der Waals surface area contributed by atoms with Crippen molar-refractivity contribution in [3.05, 3.63) is 77.6 Å². The Bertz CT molecular complexity index is 1290. The number of carbonyl (C=O) groups excluding carboxylic acids is 1. The quantitative estimate of drug-likeness (QED) is 0.490. The van der Waals surface area contributed by atoms with Gasteiger partial charge in [0.15, 0.2) is 0 Å². The second kappa shape index (κ2) is 9.72. The van der Waals surface area contributed by atoms with E-state index in [1.807, 2.05) is 19.9 Å². The van der Waals surface area contributed by atoms with E-state index in [9.17, 15) is 17.6 Å². The van der Waals surface area contributed by atoms with E-state index in [2.05, 4.69) is 10.0 Å². The Morgan fingerprint density at radius 2 is 1.82 bits per heavy atom. The third-order valence-electron chi connectivity index (χ3n) is 5.27. The molecule has 1 heterocycles. The molecule has 2 N–H and O–H groups in total. The number of anilines is 2. The van der Waals surface area contributed by atoms with Gasteiger partial charge < -0.3 is 14.8 Å². The van der Waals surface area contributed by atoms with E-state index < -0.39 is 15.8 Å². The fraction of sp³-hybridized carbons (Fsp3) is 0.240. The van der Waals surface area contributed by atoms with Crippen molar-refractivity contribution in [1.82, 2.24) is 0 Å². The zero-order valence-electron chi connectivity index (χ0n) is 18.8. The van der Waals surface area contributed by atoms with Crippen molar-refractivity contribution < 1.29 is 27.1 Å². The first-order valence-corrected chi connectivity index (χ1v) is 12.4. The van der Waals surface area contributed by atoms with E-state index in [0.29, 0.717) is 29.3 Å². The maximum atomic E-state index is 13.1. The SMILES string of the molecule is CCOc1cc2c(cc1NC(=O)Cc1ccc(NS(=O)(=O)c3ccc(F)cc3)cc1)OC(C)C2. The van der Waals surface area contributed by atoms with Gasteiger partial charge in [-0.05, 0) is 61.9 Å². The molecule has 3 aromatic rings. The number of halogens is 1. The molecular formula is C25H25FN2O5S. The van der Waals surface area contributed by atoms with Gasteiger partial charge in [0.25, 0.3) is 10.0 Å². The summed E-state index contributed by atoms with van der Waals surface area (Å²) in [6.07, 6.45) is 0.959. The van der Waals surface area contributed by atoms with Crippen molar-refractivity contribution in [1.29, 1.82) is 0 Å². The number of hydrogen-bond acceptors (Lipinski definition) is 5. The summed E-state index contributed by atoms with van der Waals surface area (Å²) in [5.74, 6) is 0.574. The molecule has 0 aliphatic carbocycles. The van der Waals surface area contributed by atoms with Crippen LogP contribution in [0.2, 0.25) is 0 Å². The molecule has 0 aromatic heterocycles. The lowest BCUT2D eigenvalue weighted by atomic mass is 10.1. The summed E-state index contributed by atoms with van der Waals surface area (Å²) in [7, 11) is -3.85.